The van der Waals surface area contributed by atoms with Gasteiger partial charge in [0.05, 0.1) is 17.3 Å². The number of nitrogens with zero attached hydrogens (tertiary/aromatic N) is 2. The monoisotopic (exact) mass is 644 g/mol. The van der Waals surface area contributed by atoms with Gasteiger partial charge in [0.15, 0.2) is 21.5 Å². The molecule has 43 heavy (non-hydrogen) atoms. The second-order valence-corrected chi connectivity index (χ2v) is 13.6. The van der Waals surface area contributed by atoms with Gasteiger partial charge in [-0.05, 0) is 67.8 Å². The highest BCUT2D eigenvalue weighted by Gasteiger charge is 2.55. The molecule has 3 aromatic rings. The van der Waals surface area contributed by atoms with Crippen LogP contribution in [-0.2, 0) is 19.4 Å². The Bertz CT molecular complexity index is 1560. The first-order valence-electron chi connectivity index (χ1n) is 14.4. The number of piperidine rings is 1. The molecule has 0 saturated carbocycles. The van der Waals surface area contributed by atoms with Gasteiger partial charge in [-0.15, -0.1) is 0 Å². The summed E-state index contributed by atoms with van der Waals surface area (Å²) < 4.78 is 39.1. The van der Waals surface area contributed by atoms with E-state index in [9.17, 15) is 13.2 Å². The Labute approximate surface area is 262 Å². The summed E-state index contributed by atoms with van der Waals surface area (Å²) in [6.45, 7) is 1.51. The first-order chi connectivity index (χ1) is 20.7. The molecule has 5 rings (SSSR count). The highest BCUT2D eigenvalue weighted by atomic mass is 35.5. The number of hydrogen-bond acceptors (Lipinski definition) is 7. The highest BCUT2D eigenvalue weighted by molar-refractivity contribution is 7.91. The third-order valence-electron chi connectivity index (χ3n) is 7.75. The van der Waals surface area contributed by atoms with Gasteiger partial charge in [0.1, 0.15) is 5.75 Å². The lowest BCUT2D eigenvalue weighted by Crippen LogP contribution is -2.52. The molecule has 0 aromatic heterocycles. The van der Waals surface area contributed by atoms with Crippen LogP contribution in [0.4, 0.5) is 0 Å². The van der Waals surface area contributed by atoms with Crippen LogP contribution in [0.5, 0.6) is 5.75 Å². The van der Waals surface area contributed by atoms with Crippen LogP contribution in [0.2, 0.25) is 10.0 Å². The first-order valence-corrected chi connectivity index (χ1v) is 16.8. The van der Waals surface area contributed by atoms with E-state index in [0.29, 0.717) is 53.0 Å². The summed E-state index contributed by atoms with van der Waals surface area (Å²) in [7, 11) is -3.76. The summed E-state index contributed by atoms with van der Waals surface area (Å²) in [6, 6.07) is 20.2. The molecule has 0 aliphatic carbocycles. The molecule has 0 spiro atoms. The van der Waals surface area contributed by atoms with Gasteiger partial charge in [-0.25, -0.2) is 13.4 Å². The van der Waals surface area contributed by atoms with Crippen LogP contribution in [0.1, 0.15) is 49.3 Å². The molecule has 8 nitrogen and oxygen atoms in total. The number of amides is 1. The molecule has 1 amide bonds. The van der Waals surface area contributed by atoms with Crippen molar-refractivity contribution < 1.29 is 27.8 Å². The van der Waals surface area contributed by atoms with Gasteiger partial charge in [-0.1, -0.05) is 47.5 Å². The van der Waals surface area contributed by atoms with E-state index >= 15 is 0 Å². The molecule has 11 heteroatoms. The Kier molecular flexibility index (Phi) is 9.96. The zero-order valence-corrected chi connectivity index (χ0v) is 26.0. The lowest BCUT2D eigenvalue weighted by molar-refractivity contribution is -0.140. The molecule has 2 aliphatic rings. The third kappa shape index (κ3) is 7.01. The second-order valence-electron chi connectivity index (χ2n) is 10.7. The maximum Gasteiger partial charge on any atom is 0.254 e. The van der Waals surface area contributed by atoms with E-state index < -0.39 is 21.5 Å². The third-order valence-corrected chi connectivity index (χ3v) is 10.0. The van der Waals surface area contributed by atoms with Crippen LogP contribution < -0.4 is 4.74 Å². The number of aliphatic hydroxyl groups excluding tert-OH is 1. The molecule has 228 valence electrons. The van der Waals surface area contributed by atoms with Crippen molar-refractivity contribution in [3.8, 4) is 5.75 Å². The number of aliphatic imine (C=N–C) groups is 1. The first kappa shape index (κ1) is 31.3. The van der Waals surface area contributed by atoms with E-state index in [-0.39, 0.29) is 35.5 Å². The molecular weight excluding hydrogens is 611 g/mol. The zero-order valence-electron chi connectivity index (χ0n) is 23.6. The van der Waals surface area contributed by atoms with Crippen LogP contribution >= 0.6 is 23.2 Å². The van der Waals surface area contributed by atoms with E-state index in [1.807, 2.05) is 0 Å². The summed E-state index contributed by atoms with van der Waals surface area (Å²) in [5.41, 5.74) is -0.498. The minimum atomic E-state index is -3.76. The number of sulfone groups is 1. The maximum absolute atomic E-state index is 14.5. The minimum Gasteiger partial charge on any atom is -0.494 e. The second kappa shape index (κ2) is 13.7. The number of hydrogen-bond donors (Lipinski definition) is 1. The van der Waals surface area contributed by atoms with Crippen molar-refractivity contribution in [1.29, 1.82) is 0 Å². The van der Waals surface area contributed by atoms with Gasteiger partial charge in [-0.2, -0.15) is 0 Å². The molecule has 2 heterocycles. The Balaban J connectivity index is 1.58. The number of likely N-dealkylation sites (tertiary alicyclic amines) is 1. The Morgan fingerprint density at radius 2 is 1.74 bits per heavy atom. The van der Waals surface area contributed by atoms with Gasteiger partial charge >= 0.3 is 0 Å². The van der Waals surface area contributed by atoms with Crippen molar-refractivity contribution in [1.82, 2.24) is 4.90 Å². The highest BCUT2D eigenvalue weighted by Crippen LogP contribution is 2.46. The van der Waals surface area contributed by atoms with Crippen molar-refractivity contribution in [3.63, 3.8) is 0 Å². The molecule has 3 aromatic carbocycles. The van der Waals surface area contributed by atoms with Gasteiger partial charge < -0.3 is 19.5 Å². The van der Waals surface area contributed by atoms with Gasteiger partial charge in [0.2, 0.25) is 5.90 Å². The predicted molar refractivity (Wildman–Crippen MR) is 167 cm³/mol. The number of ether oxygens (including phenoxy) is 2. The van der Waals surface area contributed by atoms with Crippen molar-refractivity contribution in [2.45, 2.75) is 48.6 Å². The maximum atomic E-state index is 14.5. The number of carbonyl (C=O) groups excluding carboxylic acids is 1. The van der Waals surface area contributed by atoms with Crippen molar-refractivity contribution in [2.24, 2.45) is 4.99 Å². The normalized spacial score (nSPS) is 20.4. The SMILES string of the molecule is O=C(N1CCCCC1)[C@]1(CCS(=O)(=O)c2ccccc2)N=C(c2ccc(OCCCO)cc2)O[C@@H]1c1ccc(Cl)cc1Cl. The van der Waals surface area contributed by atoms with E-state index in [0.717, 1.165) is 19.3 Å². The molecule has 1 N–H and O–H groups in total. The fourth-order valence-corrected chi connectivity index (χ4v) is 7.35. The lowest BCUT2D eigenvalue weighted by Gasteiger charge is -2.37. The van der Waals surface area contributed by atoms with Crippen LogP contribution in [-0.4, -0.2) is 67.8 Å². The van der Waals surface area contributed by atoms with E-state index in [1.54, 1.807) is 77.7 Å². The molecule has 1 saturated heterocycles. The predicted octanol–water partition coefficient (Wildman–Crippen LogP) is 5.89. The van der Waals surface area contributed by atoms with E-state index in [4.69, 9.17) is 42.8 Å². The Hall–Kier alpha value is -3.11. The molecule has 0 unspecified atom stereocenters. The average Bonchev–Trinajstić information content (AvgIpc) is 3.41. The molecule has 1 fully saturated rings. The topological polar surface area (TPSA) is 106 Å². The molecular formula is C32H34Cl2N2O6S. The standard InChI is InChI=1S/C32H34Cl2N2O6S/c33-24-12-15-27(28(34)22-24)29-32(31(38)36-17-5-2-6-18-36,16-21-43(39,40)26-8-3-1-4-9-26)35-30(42-29)23-10-13-25(14-11-23)41-20-7-19-37/h1,3-4,8-15,22,29,37H,2,5-7,16-21H2/t29-,32-/m1/s1. The molecule has 0 bridgehead atoms. The minimum absolute atomic E-state index is 0.0322. The van der Waals surface area contributed by atoms with Crippen LogP contribution in [0, 0.1) is 0 Å². The van der Waals surface area contributed by atoms with Crippen LogP contribution in [0.15, 0.2) is 82.7 Å². The Morgan fingerprint density at radius 1 is 1.02 bits per heavy atom. The summed E-state index contributed by atoms with van der Waals surface area (Å²) >= 11 is 12.9. The van der Waals surface area contributed by atoms with Crippen molar-refractivity contribution in [2.75, 3.05) is 32.1 Å². The smallest absolute Gasteiger partial charge is 0.254 e. The zero-order chi connectivity index (χ0) is 30.5. The van der Waals surface area contributed by atoms with Crippen molar-refractivity contribution >= 4 is 44.8 Å². The van der Waals surface area contributed by atoms with Crippen LogP contribution in [0.3, 0.4) is 0 Å². The van der Waals surface area contributed by atoms with E-state index in [1.165, 1.54) is 0 Å². The number of halogens is 2. The van der Waals surface area contributed by atoms with Gasteiger partial charge in [0, 0.05) is 53.7 Å². The quantitative estimate of drug-likeness (QED) is 0.261. The molecule has 0 radical (unpaired) electrons. The summed E-state index contributed by atoms with van der Waals surface area (Å²) in [6.07, 6.45) is 2.12. The number of carbonyl (C=O) groups is 1. The largest absolute Gasteiger partial charge is 0.494 e. The fourth-order valence-electron chi connectivity index (χ4n) is 5.45. The summed E-state index contributed by atoms with van der Waals surface area (Å²) in [4.78, 5) is 21.5. The molecule has 2 atom stereocenters. The molecule has 2 aliphatic heterocycles. The van der Waals surface area contributed by atoms with Crippen molar-refractivity contribution in [3.05, 3.63) is 94.0 Å². The summed E-state index contributed by atoms with van der Waals surface area (Å²) in [5.74, 6) is 0.208. The number of aliphatic hydroxyl groups is 1. The fraction of sp³-hybridized carbons (Fsp3) is 0.375. The number of benzene rings is 3. The number of rotatable bonds is 11. The Morgan fingerprint density at radius 3 is 2.42 bits per heavy atom. The van der Waals surface area contributed by atoms with Gasteiger partial charge in [-0.3, -0.25) is 4.79 Å². The lowest BCUT2D eigenvalue weighted by atomic mass is 9.84. The van der Waals surface area contributed by atoms with Gasteiger partial charge in [0.25, 0.3) is 5.91 Å². The van der Waals surface area contributed by atoms with Crippen LogP contribution in [0.25, 0.3) is 0 Å². The van der Waals surface area contributed by atoms with E-state index in [2.05, 4.69) is 0 Å². The average molecular weight is 646 g/mol. The summed E-state index contributed by atoms with van der Waals surface area (Å²) in [5, 5.41) is 9.75.